The van der Waals surface area contributed by atoms with E-state index in [1.165, 1.54) is 0 Å². The maximum absolute atomic E-state index is 11.7. The van der Waals surface area contributed by atoms with Crippen LogP contribution in [-0.4, -0.2) is 14.4 Å². The molecule has 1 aromatic carbocycles. The molecular weight excluding hydrogens is 276 g/mol. The Morgan fingerprint density at radius 2 is 1.70 bits per heavy atom. The van der Waals surface area contributed by atoms with Gasteiger partial charge >= 0.3 is 16.1 Å². The van der Waals surface area contributed by atoms with Crippen LogP contribution in [-0.2, 0) is 24.8 Å². The third kappa shape index (κ3) is 7.28. The predicted molar refractivity (Wildman–Crippen MR) is 78.5 cm³/mol. The highest BCUT2D eigenvalue weighted by Gasteiger charge is 2.17. The topological polar surface area (TPSA) is 60.4 Å². The number of benzene rings is 1. The van der Waals surface area contributed by atoms with Crippen LogP contribution >= 0.6 is 0 Å². The van der Waals surface area contributed by atoms with Crippen LogP contribution < -0.4 is 0 Å². The zero-order chi connectivity index (χ0) is 14.8. The maximum atomic E-state index is 11.7. The summed E-state index contributed by atoms with van der Waals surface area (Å²) in [5, 5.41) is 0. The van der Waals surface area contributed by atoms with Crippen LogP contribution in [0.15, 0.2) is 30.3 Å². The van der Waals surface area contributed by atoms with Crippen molar-refractivity contribution in [3.05, 3.63) is 35.9 Å². The zero-order valence-corrected chi connectivity index (χ0v) is 12.7. The summed E-state index contributed by atoms with van der Waals surface area (Å²) in [5.41, 5.74) is 0.614. The minimum absolute atomic E-state index is 0.164. The van der Waals surface area contributed by atoms with Crippen molar-refractivity contribution in [2.45, 2.75) is 51.2 Å². The highest BCUT2D eigenvalue weighted by molar-refractivity contribution is 7.86. The molecular formula is C15H22O4S. The molecule has 0 heterocycles. The Kier molecular flexibility index (Phi) is 7.30. The van der Waals surface area contributed by atoms with Crippen LogP contribution in [0.5, 0.6) is 0 Å². The average Bonchev–Trinajstić information content (AvgIpc) is 2.38. The number of rotatable bonds is 9. The van der Waals surface area contributed by atoms with Crippen molar-refractivity contribution < 1.29 is 17.4 Å². The largest absolute Gasteiger partial charge is 0.345 e. The molecule has 0 bridgehead atoms. The second kappa shape index (κ2) is 8.74. The first-order chi connectivity index (χ1) is 9.53. The SMILES string of the molecule is CCCCCCCC(=O)OS(=O)(=O)Cc1ccccc1. The lowest BCUT2D eigenvalue weighted by atomic mass is 10.1. The molecule has 5 heteroatoms. The highest BCUT2D eigenvalue weighted by Crippen LogP contribution is 2.10. The molecule has 0 N–H and O–H groups in total. The summed E-state index contributed by atoms with van der Waals surface area (Å²) in [5.74, 6) is -0.924. The molecule has 0 saturated carbocycles. The van der Waals surface area contributed by atoms with Gasteiger partial charge in [0.1, 0.15) is 5.75 Å². The zero-order valence-electron chi connectivity index (χ0n) is 11.9. The normalized spacial score (nSPS) is 11.2. The number of carbonyl (C=O) groups excluding carboxylic acids is 1. The van der Waals surface area contributed by atoms with Crippen LogP contribution in [0.4, 0.5) is 0 Å². The lowest BCUT2D eigenvalue weighted by Gasteiger charge is -2.05. The first-order valence-electron chi connectivity index (χ1n) is 7.02. The van der Waals surface area contributed by atoms with Gasteiger partial charge in [-0.05, 0) is 12.0 Å². The van der Waals surface area contributed by atoms with Crippen LogP contribution in [0.25, 0.3) is 0 Å². The summed E-state index contributed by atoms with van der Waals surface area (Å²) in [7, 11) is -3.83. The van der Waals surface area contributed by atoms with Gasteiger partial charge in [0.2, 0.25) is 0 Å². The van der Waals surface area contributed by atoms with E-state index in [1.807, 2.05) is 0 Å². The van der Waals surface area contributed by atoms with Crippen molar-refractivity contribution in [2.75, 3.05) is 0 Å². The van der Waals surface area contributed by atoms with Gasteiger partial charge < -0.3 is 4.18 Å². The third-order valence-corrected chi connectivity index (χ3v) is 4.02. The van der Waals surface area contributed by atoms with E-state index in [-0.39, 0.29) is 12.2 Å². The highest BCUT2D eigenvalue weighted by atomic mass is 32.2. The molecule has 0 fully saturated rings. The van der Waals surface area contributed by atoms with Crippen molar-refractivity contribution in [3.8, 4) is 0 Å². The molecule has 4 nitrogen and oxygen atoms in total. The molecule has 0 unspecified atom stereocenters. The van der Waals surface area contributed by atoms with Gasteiger partial charge in [0.05, 0.1) is 0 Å². The van der Waals surface area contributed by atoms with Crippen molar-refractivity contribution in [2.24, 2.45) is 0 Å². The summed E-state index contributed by atoms with van der Waals surface area (Å²) < 4.78 is 28.0. The first-order valence-corrected chi connectivity index (χ1v) is 8.60. The van der Waals surface area contributed by atoms with E-state index in [1.54, 1.807) is 30.3 Å². The molecule has 0 atom stereocenters. The fourth-order valence-electron chi connectivity index (χ4n) is 1.86. The Morgan fingerprint density at radius 1 is 1.05 bits per heavy atom. The second-order valence-electron chi connectivity index (χ2n) is 4.81. The van der Waals surface area contributed by atoms with E-state index in [4.69, 9.17) is 0 Å². The molecule has 0 aliphatic heterocycles. The molecule has 0 spiro atoms. The summed E-state index contributed by atoms with van der Waals surface area (Å²) >= 11 is 0. The van der Waals surface area contributed by atoms with Crippen LogP contribution in [0.1, 0.15) is 51.0 Å². The Balaban J connectivity index is 2.33. The molecule has 0 aliphatic rings. The van der Waals surface area contributed by atoms with Gasteiger partial charge in [-0.3, -0.25) is 4.79 Å². The summed E-state index contributed by atoms with van der Waals surface area (Å²) in [6.45, 7) is 2.12. The number of hydrogen-bond donors (Lipinski definition) is 0. The van der Waals surface area contributed by atoms with E-state index < -0.39 is 16.1 Å². The second-order valence-corrected chi connectivity index (χ2v) is 6.38. The van der Waals surface area contributed by atoms with E-state index in [9.17, 15) is 13.2 Å². The minimum atomic E-state index is -3.83. The molecule has 0 saturated heterocycles. The Bertz CT molecular complexity index is 494. The van der Waals surface area contributed by atoms with E-state index >= 15 is 0 Å². The fourth-order valence-corrected chi connectivity index (χ4v) is 2.89. The fraction of sp³-hybridized carbons (Fsp3) is 0.533. The van der Waals surface area contributed by atoms with Crippen LogP contribution in [0.3, 0.4) is 0 Å². The quantitative estimate of drug-likeness (QED) is 0.517. The van der Waals surface area contributed by atoms with Crippen LogP contribution in [0.2, 0.25) is 0 Å². The Morgan fingerprint density at radius 3 is 2.35 bits per heavy atom. The first kappa shape index (κ1) is 16.7. The van der Waals surface area contributed by atoms with E-state index in [0.29, 0.717) is 12.0 Å². The number of hydrogen-bond acceptors (Lipinski definition) is 4. The van der Waals surface area contributed by atoms with Crippen molar-refractivity contribution in [1.29, 1.82) is 0 Å². The summed E-state index contributed by atoms with van der Waals surface area (Å²) in [6, 6.07) is 8.69. The molecule has 1 rings (SSSR count). The molecule has 0 amide bonds. The molecule has 20 heavy (non-hydrogen) atoms. The Hall–Kier alpha value is -1.36. The van der Waals surface area contributed by atoms with Gasteiger partial charge in [-0.1, -0.05) is 62.9 Å². The van der Waals surface area contributed by atoms with E-state index in [0.717, 1.165) is 25.7 Å². The van der Waals surface area contributed by atoms with Crippen molar-refractivity contribution >= 4 is 16.1 Å². The number of carbonyl (C=O) groups is 1. The van der Waals surface area contributed by atoms with Crippen molar-refractivity contribution in [1.82, 2.24) is 0 Å². The molecule has 0 aliphatic carbocycles. The monoisotopic (exact) mass is 298 g/mol. The summed E-state index contributed by atoms with van der Waals surface area (Å²) in [6.07, 6.45) is 5.12. The van der Waals surface area contributed by atoms with E-state index in [2.05, 4.69) is 11.1 Å². The maximum Gasteiger partial charge on any atom is 0.322 e. The molecule has 112 valence electrons. The minimum Gasteiger partial charge on any atom is -0.345 e. The smallest absolute Gasteiger partial charge is 0.322 e. The predicted octanol–water partition coefficient (Wildman–Crippen LogP) is 3.42. The molecule has 0 aromatic heterocycles. The lowest BCUT2D eigenvalue weighted by molar-refractivity contribution is -0.133. The van der Waals surface area contributed by atoms with Gasteiger partial charge in [0, 0.05) is 6.42 Å². The number of unbranched alkanes of at least 4 members (excludes halogenated alkanes) is 4. The summed E-state index contributed by atoms with van der Waals surface area (Å²) in [4.78, 5) is 11.5. The Labute approximate surface area is 121 Å². The third-order valence-electron chi connectivity index (χ3n) is 2.89. The van der Waals surface area contributed by atoms with Gasteiger partial charge in [-0.2, -0.15) is 8.42 Å². The van der Waals surface area contributed by atoms with Gasteiger partial charge in [0.15, 0.2) is 0 Å². The molecule has 0 radical (unpaired) electrons. The van der Waals surface area contributed by atoms with Gasteiger partial charge in [-0.25, -0.2) is 0 Å². The van der Waals surface area contributed by atoms with Gasteiger partial charge in [0.25, 0.3) is 0 Å². The lowest BCUT2D eigenvalue weighted by Crippen LogP contribution is -2.14. The van der Waals surface area contributed by atoms with Crippen LogP contribution in [0, 0.1) is 0 Å². The average molecular weight is 298 g/mol. The molecule has 1 aromatic rings. The van der Waals surface area contributed by atoms with Crippen molar-refractivity contribution in [3.63, 3.8) is 0 Å². The standard InChI is InChI=1S/C15H22O4S/c1-2-3-4-5-9-12-15(16)19-20(17,18)13-14-10-7-6-8-11-14/h6-8,10-11H,2-5,9,12-13H2,1H3. The van der Waals surface area contributed by atoms with Gasteiger partial charge in [-0.15, -0.1) is 0 Å².